The van der Waals surface area contributed by atoms with E-state index in [9.17, 15) is 0 Å². The van der Waals surface area contributed by atoms with Crippen LogP contribution in [0.2, 0.25) is 0 Å². The molecule has 1 aliphatic carbocycles. The molecule has 0 spiro atoms. The number of nitrogens with two attached hydrogens (primary N) is 1. The first-order valence-corrected chi connectivity index (χ1v) is 7.51. The lowest BCUT2D eigenvalue weighted by Crippen LogP contribution is -2.44. The van der Waals surface area contributed by atoms with E-state index in [0.29, 0.717) is 0 Å². The highest BCUT2D eigenvalue weighted by molar-refractivity contribution is 9.10. The van der Waals surface area contributed by atoms with Crippen LogP contribution < -0.4 is 10.5 Å². The van der Waals surface area contributed by atoms with Crippen molar-refractivity contribution in [3.63, 3.8) is 0 Å². The molecule has 4 heteroatoms. The number of hydrogen-bond donors (Lipinski definition) is 1. The van der Waals surface area contributed by atoms with E-state index >= 15 is 0 Å². The topological polar surface area (TPSA) is 44.5 Å². The van der Waals surface area contributed by atoms with E-state index in [0.717, 1.165) is 35.9 Å². The third kappa shape index (κ3) is 3.50. The van der Waals surface area contributed by atoms with Crippen LogP contribution in [-0.4, -0.2) is 25.9 Å². The molecule has 19 heavy (non-hydrogen) atoms. The molecule has 1 aliphatic rings. The smallest absolute Gasteiger partial charge is 0.133 e. The average molecular weight is 328 g/mol. The van der Waals surface area contributed by atoms with E-state index < -0.39 is 0 Å². The van der Waals surface area contributed by atoms with Gasteiger partial charge in [-0.1, -0.05) is 6.07 Å². The van der Waals surface area contributed by atoms with Gasteiger partial charge in [0.15, 0.2) is 0 Å². The highest BCUT2D eigenvalue weighted by Gasteiger charge is 2.38. The van der Waals surface area contributed by atoms with E-state index in [1.807, 2.05) is 6.07 Å². The zero-order valence-corrected chi connectivity index (χ0v) is 13.2. The Morgan fingerprint density at radius 3 is 2.58 bits per heavy atom. The van der Waals surface area contributed by atoms with Gasteiger partial charge in [-0.25, -0.2) is 0 Å². The number of halogens is 1. The molecule has 0 amide bonds. The predicted molar refractivity (Wildman–Crippen MR) is 80.6 cm³/mol. The third-order valence-electron chi connectivity index (χ3n) is 4.05. The summed E-state index contributed by atoms with van der Waals surface area (Å²) in [5, 5.41) is 0. The van der Waals surface area contributed by atoms with Crippen molar-refractivity contribution < 1.29 is 9.47 Å². The standard InChI is InChI=1S/C15H22BrNO2/c1-18-14-5-4-11(9-13(14)16)8-12(17)10-15(19-2)6-3-7-15/h4-5,9,12H,3,6-8,10,17H2,1-2H3. The van der Waals surface area contributed by atoms with Crippen molar-refractivity contribution in [3.05, 3.63) is 28.2 Å². The fourth-order valence-electron chi connectivity index (χ4n) is 2.75. The Kier molecular flexibility index (Phi) is 4.87. The number of methoxy groups -OCH3 is 2. The molecule has 106 valence electrons. The average Bonchev–Trinajstić information content (AvgIpc) is 2.34. The van der Waals surface area contributed by atoms with E-state index in [-0.39, 0.29) is 11.6 Å². The summed E-state index contributed by atoms with van der Waals surface area (Å²) in [5.41, 5.74) is 7.54. The molecule has 0 aliphatic heterocycles. The minimum atomic E-state index is 0.0448. The molecule has 2 rings (SSSR count). The van der Waals surface area contributed by atoms with Gasteiger partial charge in [-0.15, -0.1) is 0 Å². The molecule has 1 unspecified atom stereocenters. The van der Waals surface area contributed by atoms with Gasteiger partial charge in [0.05, 0.1) is 17.2 Å². The Labute approximate surface area is 123 Å². The van der Waals surface area contributed by atoms with Crippen LogP contribution in [0.3, 0.4) is 0 Å². The van der Waals surface area contributed by atoms with Crippen molar-refractivity contribution in [2.75, 3.05) is 14.2 Å². The molecule has 3 nitrogen and oxygen atoms in total. The van der Waals surface area contributed by atoms with E-state index in [1.165, 1.54) is 12.0 Å². The Balaban J connectivity index is 1.95. The van der Waals surface area contributed by atoms with Gasteiger partial charge >= 0.3 is 0 Å². The maximum absolute atomic E-state index is 6.27. The van der Waals surface area contributed by atoms with Gasteiger partial charge in [0, 0.05) is 13.2 Å². The third-order valence-corrected chi connectivity index (χ3v) is 4.67. The molecule has 0 heterocycles. The van der Waals surface area contributed by atoms with E-state index in [4.69, 9.17) is 15.2 Å². The monoisotopic (exact) mass is 327 g/mol. The van der Waals surface area contributed by atoms with Gasteiger partial charge in [-0.05, 0) is 65.7 Å². The first kappa shape index (κ1) is 14.8. The molecular weight excluding hydrogens is 306 g/mol. The first-order valence-electron chi connectivity index (χ1n) is 6.72. The van der Waals surface area contributed by atoms with E-state index in [1.54, 1.807) is 14.2 Å². The Morgan fingerprint density at radius 1 is 1.37 bits per heavy atom. The molecule has 0 saturated heterocycles. The summed E-state index contributed by atoms with van der Waals surface area (Å²) in [5.74, 6) is 0.852. The van der Waals surface area contributed by atoms with Crippen molar-refractivity contribution in [2.24, 2.45) is 5.73 Å². The van der Waals surface area contributed by atoms with Crippen molar-refractivity contribution in [1.29, 1.82) is 0 Å². The van der Waals surface area contributed by atoms with Crippen LogP contribution in [0.15, 0.2) is 22.7 Å². The highest BCUT2D eigenvalue weighted by Crippen LogP contribution is 2.39. The molecule has 1 aromatic rings. The molecule has 1 aromatic carbocycles. The van der Waals surface area contributed by atoms with Crippen LogP contribution in [0.1, 0.15) is 31.2 Å². The molecule has 0 bridgehead atoms. The van der Waals surface area contributed by atoms with Crippen LogP contribution in [0.4, 0.5) is 0 Å². The first-order chi connectivity index (χ1) is 9.08. The van der Waals surface area contributed by atoms with Gasteiger partial charge in [-0.3, -0.25) is 0 Å². The lowest BCUT2D eigenvalue weighted by molar-refractivity contribution is -0.0813. The predicted octanol–water partition coefficient (Wildman–Crippen LogP) is 3.29. The highest BCUT2D eigenvalue weighted by atomic mass is 79.9. The summed E-state index contributed by atoms with van der Waals surface area (Å²) in [6, 6.07) is 6.27. The number of benzene rings is 1. The second-order valence-electron chi connectivity index (χ2n) is 5.38. The maximum Gasteiger partial charge on any atom is 0.133 e. The summed E-state index contributed by atoms with van der Waals surface area (Å²) < 4.78 is 11.8. The minimum absolute atomic E-state index is 0.0448. The minimum Gasteiger partial charge on any atom is -0.496 e. The number of rotatable bonds is 6. The molecular formula is C15H22BrNO2. The zero-order valence-electron chi connectivity index (χ0n) is 11.6. The maximum atomic E-state index is 6.27. The van der Waals surface area contributed by atoms with Crippen LogP contribution in [0, 0.1) is 0 Å². The SMILES string of the molecule is COc1ccc(CC(N)CC2(OC)CCC2)cc1Br. The molecule has 0 radical (unpaired) electrons. The van der Waals surface area contributed by atoms with E-state index in [2.05, 4.69) is 28.1 Å². The largest absolute Gasteiger partial charge is 0.496 e. The van der Waals surface area contributed by atoms with Crippen molar-refractivity contribution in [2.45, 2.75) is 43.7 Å². The molecule has 1 saturated carbocycles. The molecule has 1 atom stereocenters. The van der Waals surface area contributed by atoms with Gasteiger partial charge in [0.25, 0.3) is 0 Å². The van der Waals surface area contributed by atoms with Gasteiger partial charge in [0.2, 0.25) is 0 Å². The van der Waals surface area contributed by atoms with Crippen LogP contribution in [0.5, 0.6) is 5.75 Å². The van der Waals surface area contributed by atoms with Gasteiger partial charge in [-0.2, -0.15) is 0 Å². The number of ether oxygens (including phenoxy) is 2. The number of hydrogen-bond acceptors (Lipinski definition) is 3. The second-order valence-corrected chi connectivity index (χ2v) is 6.23. The summed E-state index contributed by atoms with van der Waals surface area (Å²) >= 11 is 3.51. The normalized spacial score (nSPS) is 18.7. The second kappa shape index (κ2) is 6.25. The fraction of sp³-hybridized carbons (Fsp3) is 0.600. The summed E-state index contributed by atoms with van der Waals surface area (Å²) in [7, 11) is 3.47. The molecule has 2 N–H and O–H groups in total. The van der Waals surface area contributed by atoms with Gasteiger partial charge in [0.1, 0.15) is 5.75 Å². The summed E-state index contributed by atoms with van der Waals surface area (Å²) in [6.45, 7) is 0. The lowest BCUT2D eigenvalue weighted by Gasteiger charge is -2.42. The molecule has 1 fully saturated rings. The van der Waals surface area contributed by atoms with Crippen LogP contribution >= 0.6 is 15.9 Å². The van der Waals surface area contributed by atoms with Crippen molar-refractivity contribution in [1.82, 2.24) is 0 Å². The fourth-order valence-corrected chi connectivity index (χ4v) is 3.34. The Morgan fingerprint density at radius 2 is 2.11 bits per heavy atom. The van der Waals surface area contributed by atoms with Crippen LogP contribution in [-0.2, 0) is 11.2 Å². The lowest BCUT2D eigenvalue weighted by atomic mass is 9.75. The zero-order chi connectivity index (χ0) is 13.9. The van der Waals surface area contributed by atoms with Gasteiger partial charge < -0.3 is 15.2 Å². The summed E-state index contributed by atoms with van der Waals surface area (Å²) in [4.78, 5) is 0. The quantitative estimate of drug-likeness (QED) is 0.871. The Bertz CT molecular complexity index is 427. The molecule has 0 aromatic heterocycles. The Hall–Kier alpha value is -0.580. The summed E-state index contributed by atoms with van der Waals surface area (Å²) in [6.07, 6.45) is 5.35. The van der Waals surface area contributed by atoms with Crippen molar-refractivity contribution >= 4 is 15.9 Å². The van der Waals surface area contributed by atoms with Crippen molar-refractivity contribution in [3.8, 4) is 5.75 Å². The van der Waals surface area contributed by atoms with Crippen LogP contribution in [0.25, 0.3) is 0 Å².